The van der Waals surface area contributed by atoms with Crippen LogP contribution in [0.4, 0.5) is 0 Å². The number of aromatic nitrogens is 2. The quantitative estimate of drug-likeness (QED) is 0.630. The van der Waals surface area contributed by atoms with E-state index in [1.165, 1.54) is 0 Å². The van der Waals surface area contributed by atoms with Gasteiger partial charge in [-0.05, 0) is 35.8 Å². The molecule has 1 N–H and O–H groups in total. The fourth-order valence-electron chi connectivity index (χ4n) is 1.90. The Bertz CT molecular complexity index is 807. The van der Waals surface area contributed by atoms with Crippen LogP contribution >= 0.6 is 23.6 Å². The summed E-state index contributed by atoms with van der Waals surface area (Å²) in [7, 11) is 0. The van der Waals surface area contributed by atoms with Gasteiger partial charge in [-0.3, -0.25) is 9.36 Å². The van der Waals surface area contributed by atoms with Crippen molar-refractivity contribution in [2.45, 2.75) is 34.2 Å². The van der Waals surface area contributed by atoms with E-state index in [2.05, 4.69) is 4.98 Å². The lowest BCUT2D eigenvalue weighted by atomic mass is 10.2. The van der Waals surface area contributed by atoms with Crippen molar-refractivity contribution < 1.29 is 1.43 Å². The summed E-state index contributed by atoms with van der Waals surface area (Å²) in [6.07, 6.45) is 0. The van der Waals surface area contributed by atoms with Gasteiger partial charge in [-0.15, -0.1) is 11.3 Å². The van der Waals surface area contributed by atoms with Crippen molar-refractivity contribution in [1.82, 2.24) is 9.55 Å². The molecule has 1 aromatic carbocycles. The molecule has 0 aliphatic rings. The lowest BCUT2D eigenvalue weighted by Gasteiger charge is -2.06. The fraction of sp³-hybridized carbons (Fsp3) is 0.294. The summed E-state index contributed by atoms with van der Waals surface area (Å²) in [6.45, 7) is 8.52. The monoisotopic (exact) mass is 336 g/mol. The minimum absolute atomic E-state index is 0. The Balaban J connectivity index is 0.000000901. The van der Waals surface area contributed by atoms with Gasteiger partial charge in [-0.25, -0.2) is 0 Å². The molecule has 0 bridgehead atoms. The van der Waals surface area contributed by atoms with Gasteiger partial charge < -0.3 is 4.98 Å². The summed E-state index contributed by atoms with van der Waals surface area (Å²) in [5.41, 5.74) is 0.748. The highest BCUT2D eigenvalue weighted by Crippen LogP contribution is 2.11. The maximum atomic E-state index is 12.4. The highest BCUT2D eigenvalue weighted by atomic mass is 32.1. The molecule has 0 saturated carbocycles. The van der Waals surface area contributed by atoms with Crippen molar-refractivity contribution in [3.8, 4) is 0 Å². The minimum Gasteiger partial charge on any atom is -0.332 e. The number of benzene rings is 1. The van der Waals surface area contributed by atoms with Gasteiger partial charge in [0.15, 0.2) is 4.77 Å². The molecule has 22 heavy (non-hydrogen) atoms. The Morgan fingerprint density at radius 2 is 1.82 bits per heavy atom. The maximum Gasteiger partial charge on any atom is 0.262 e. The second-order valence-corrected chi connectivity index (χ2v) is 5.37. The van der Waals surface area contributed by atoms with Crippen molar-refractivity contribution in [2.75, 3.05) is 0 Å². The highest BCUT2D eigenvalue weighted by Gasteiger charge is 2.05. The summed E-state index contributed by atoms with van der Waals surface area (Å²) in [6, 6.07) is 11.4. The molecule has 3 nitrogen and oxygen atoms in total. The number of H-pyrrole nitrogens is 1. The van der Waals surface area contributed by atoms with E-state index >= 15 is 0 Å². The van der Waals surface area contributed by atoms with Crippen LogP contribution in [-0.2, 0) is 6.54 Å². The van der Waals surface area contributed by atoms with Crippen molar-refractivity contribution in [1.29, 1.82) is 0 Å². The van der Waals surface area contributed by atoms with Crippen molar-refractivity contribution in [3.63, 3.8) is 0 Å². The van der Waals surface area contributed by atoms with Gasteiger partial charge in [0.05, 0.1) is 17.4 Å². The maximum absolute atomic E-state index is 12.4. The largest absolute Gasteiger partial charge is 0.332 e. The number of hydrogen-bond acceptors (Lipinski definition) is 3. The first kappa shape index (κ1) is 18.3. The summed E-state index contributed by atoms with van der Waals surface area (Å²) in [5, 5.41) is 2.66. The van der Waals surface area contributed by atoms with Gasteiger partial charge >= 0.3 is 0 Å². The Morgan fingerprint density at radius 3 is 2.45 bits per heavy atom. The zero-order valence-corrected chi connectivity index (χ0v) is 15.1. The fourth-order valence-corrected chi connectivity index (χ4v) is 2.85. The molecule has 0 radical (unpaired) electrons. The zero-order valence-electron chi connectivity index (χ0n) is 13.4. The van der Waals surface area contributed by atoms with Crippen LogP contribution in [0.15, 0.2) is 46.6 Å². The molecule has 3 rings (SSSR count). The van der Waals surface area contributed by atoms with E-state index in [4.69, 9.17) is 12.2 Å². The van der Waals surface area contributed by atoms with Gasteiger partial charge in [-0.1, -0.05) is 45.9 Å². The molecule has 2 heterocycles. The van der Waals surface area contributed by atoms with Crippen LogP contribution in [0.5, 0.6) is 0 Å². The Labute approximate surface area is 141 Å². The molecule has 0 atom stereocenters. The third kappa shape index (κ3) is 4.15. The van der Waals surface area contributed by atoms with Gasteiger partial charge in [0.2, 0.25) is 0 Å². The Morgan fingerprint density at radius 1 is 1.14 bits per heavy atom. The van der Waals surface area contributed by atoms with Crippen LogP contribution in [0.25, 0.3) is 10.9 Å². The number of nitrogens with one attached hydrogen (secondary N) is 1. The second kappa shape index (κ2) is 9.33. The number of thiophene rings is 1. The number of para-hydroxylation sites is 1. The lowest BCUT2D eigenvalue weighted by molar-refractivity contribution is 0.743. The number of aromatic amines is 1. The van der Waals surface area contributed by atoms with Crippen LogP contribution in [0.2, 0.25) is 0 Å². The molecule has 0 spiro atoms. The molecule has 0 aliphatic heterocycles. The number of nitrogens with zero attached hydrogens (tertiary/aromatic N) is 1. The standard InChI is InChI=1S/C13H10N2OS2.2C2H6.H2/c16-12-10-5-1-2-6-11(10)14-13(17)15(12)8-9-4-3-7-18-9;2*1-2;/h1-7H,8H2,(H,14,17);2*1-2H3;1H. The van der Waals surface area contributed by atoms with E-state index in [-0.39, 0.29) is 6.99 Å². The van der Waals surface area contributed by atoms with Gasteiger partial charge in [0.1, 0.15) is 0 Å². The molecule has 2 aromatic heterocycles. The van der Waals surface area contributed by atoms with Crippen LogP contribution in [0.3, 0.4) is 0 Å². The molecule has 0 fully saturated rings. The third-order valence-corrected chi connectivity index (χ3v) is 3.97. The first-order valence-electron chi connectivity index (χ1n) is 7.50. The molecule has 0 aliphatic carbocycles. The molecular weight excluding hydrogens is 312 g/mol. The number of fused-ring (bicyclic) bond motifs is 1. The highest BCUT2D eigenvalue weighted by molar-refractivity contribution is 7.71. The van der Waals surface area contributed by atoms with Crippen LogP contribution in [-0.4, -0.2) is 9.55 Å². The van der Waals surface area contributed by atoms with E-state index in [0.29, 0.717) is 16.7 Å². The Hall–Kier alpha value is -1.72. The van der Waals surface area contributed by atoms with Crippen LogP contribution in [0, 0.1) is 4.77 Å². The minimum atomic E-state index is -0.0391. The second-order valence-electron chi connectivity index (χ2n) is 3.95. The third-order valence-electron chi connectivity index (χ3n) is 2.78. The van der Waals surface area contributed by atoms with E-state index in [1.54, 1.807) is 15.9 Å². The van der Waals surface area contributed by atoms with E-state index < -0.39 is 0 Å². The lowest BCUT2D eigenvalue weighted by Crippen LogP contribution is -2.22. The molecule has 0 unspecified atom stereocenters. The summed E-state index contributed by atoms with van der Waals surface area (Å²) in [5.74, 6) is 0. The Kier molecular flexibility index (Phi) is 7.77. The molecule has 3 aromatic rings. The first-order valence-corrected chi connectivity index (χ1v) is 8.79. The first-order chi connectivity index (χ1) is 10.8. The summed E-state index contributed by atoms with van der Waals surface area (Å²) < 4.78 is 2.07. The van der Waals surface area contributed by atoms with Crippen molar-refractivity contribution in [3.05, 3.63) is 61.8 Å². The summed E-state index contributed by atoms with van der Waals surface area (Å²) >= 11 is 6.87. The van der Waals surface area contributed by atoms with Crippen LogP contribution in [0.1, 0.15) is 34.0 Å². The van der Waals surface area contributed by atoms with Gasteiger partial charge in [0.25, 0.3) is 5.56 Å². The van der Waals surface area contributed by atoms with E-state index in [0.717, 1.165) is 10.4 Å². The van der Waals surface area contributed by atoms with E-state index in [9.17, 15) is 4.79 Å². The topological polar surface area (TPSA) is 37.8 Å². The predicted molar refractivity (Wildman–Crippen MR) is 102 cm³/mol. The van der Waals surface area contributed by atoms with E-state index in [1.807, 2.05) is 69.5 Å². The summed E-state index contributed by atoms with van der Waals surface area (Å²) in [4.78, 5) is 16.6. The van der Waals surface area contributed by atoms with Gasteiger partial charge in [-0.2, -0.15) is 0 Å². The van der Waals surface area contributed by atoms with Crippen LogP contribution < -0.4 is 5.56 Å². The molecule has 120 valence electrons. The SMILES string of the molecule is CC.CC.O=c1c2ccccc2[nH]c(=S)n1Cc1cccs1.[HH]. The normalized spacial score (nSPS) is 9.45. The molecule has 0 amide bonds. The number of hydrogen-bond donors (Lipinski definition) is 1. The smallest absolute Gasteiger partial charge is 0.262 e. The average Bonchev–Trinajstić information content (AvgIpc) is 3.08. The van der Waals surface area contributed by atoms with Crippen molar-refractivity contribution >= 4 is 34.5 Å². The van der Waals surface area contributed by atoms with Gasteiger partial charge in [0, 0.05) is 6.30 Å². The molecule has 5 heteroatoms. The molecular formula is C17H24N2OS2. The number of rotatable bonds is 2. The zero-order chi connectivity index (χ0) is 16.5. The van der Waals surface area contributed by atoms with Crippen molar-refractivity contribution in [2.24, 2.45) is 0 Å². The predicted octanol–water partition coefficient (Wildman–Crippen LogP) is 5.47. The average molecular weight is 337 g/mol. The molecule has 0 saturated heterocycles.